The van der Waals surface area contributed by atoms with Gasteiger partial charge >= 0.3 is 0 Å². The Labute approximate surface area is 246 Å². The lowest BCUT2D eigenvalue weighted by molar-refractivity contribution is -0.138. The largest absolute Gasteiger partial charge is 0.507 e. The van der Waals surface area contributed by atoms with Gasteiger partial charge in [0.15, 0.2) is 9.75 Å². The van der Waals surface area contributed by atoms with Crippen LogP contribution >= 0.6 is 34.8 Å². The van der Waals surface area contributed by atoms with Crippen LogP contribution in [0.15, 0.2) is 66.8 Å². The third-order valence-electron chi connectivity index (χ3n) is 8.93. The molecule has 2 aromatic carbocycles. The summed E-state index contributed by atoms with van der Waals surface area (Å²) in [7, 11) is 1.33. The fourth-order valence-electron chi connectivity index (χ4n) is 7.10. The van der Waals surface area contributed by atoms with Gasteiger partial charge in [0.05, 0.1) is 17.5 Å². The molecule has 3 fully saturated rings. The van der Waals surface area contributed by atoms with Crippen molar-refractivity contribution in [2.75, 3.05) is 11.9 Å². The molecule has 4 aliphatic rings. The molecule has 40 heavy (non-hydrogen) atoms. The molecule has 0 radical (unpaired) electrons. The highest BCUT2D eigenvalue weighted by atomic mass is 35.5. The van der Waals surface area contributed by atoms with Crippen LogP contribution in [-0.2, 0) is 25.6 Å². The number of imide groups is 2. The Kier molecular flexibility index (Phi) is 6.22. The molecule has 0 unspecified atom stereocenters. The summed E-state index contributed by atoms with van der Waals surface area (Å²) < 4.78 is 0. The number of anilines is 1. The number of fused-ring (bicyclic) bond motifs is 4. The monoisotopic (exact) mass is 598 g/mol. The number of benzene rings is 2. The number of nitrogens with zero attached hydrogens (tertiary/aromatic N) is 2. The minimum Gasteiger partial charge on any atom is -0.507 e. The normalized spacial score (nSPS) is 33.0. The van der Waals surface area contributed by atoms with E-state index in [-0.39, 0.29) is 24.5 Å². The first kappa shape index (κ1) is 27.1. The maximum absolute atomic E-state index is 14.0. The standard InChI is InChI=1S/C30H25Cl3N2O5/c1-3-5-15-6-4-7-20(24(15)36)23-18-12-13-19-22(26(38)35(25(19)37)17-10-8-16(31)9-11-17)21(18)14-29(32)27(39)34(2)28(40)30(23,29)33/h3-4,6-12,19,21-23,36H,1,5,13-14H2,2H3/t19-,21+,22-,23+,29+,30-/m0/s1. The second-order valence-corrected chi connectivity index (χ2v) is 12.5. The van der Waals surface area contributed by atoms with E-state index in [1.165, 1.54) is 7.05 Å². The van der Waals surface area contributed by atoms with Gasteiger partial charge in [-0.1, -0.05) is 47.5 Å². The first-order valence-electron chi connectivity index (χ1n) is 12.9. The summed E-state index contributed by atoms with van der Waals surface area (Å²) in [5, 5.41) is 11.8. The molecule has 2 aliphatic carbocycles. The van der Waals surface area contributed by atoms with E-state index in [1.54, 1.807) is 48.5 Å². The highest BCUT2D eigenvalue weighted by Gasteiger charge is 2.76. The molecule has 2 heterocycles. The van der Waals surface area contributed by atoms with Gasteiger partial charge in [-0.15, -0.1) is 29.8 Å². The number of phenols is 1. The van der Waals surface area contributed by atoms with E-state index in [0.29, 0.717) is 33.8 Å². The van der Waals surface area contributed by atoms with Crippen LogP contribution in [0.4, 0.5) is 5.69 Å². The highest BCUT2D eigenvalue weighted by Crippen LogP contribution is 2.66. The lowest BCUT2D eigenvalue weighted by Gasteiger charge is -2.50. The predicted octanol–water partition coefficient (Wildman–Crippen LogP) is 4.97. The van der Waals surface area contributed by atoms with E-state index in [9.17, 15) is 24.3 Å². The van der Waals surface area contributed by atoms with Crippen molar-refractivity contribution in [1.82, 2.24) is 4.90 Å². The Morgan fingerprint density at radius 3 is 2.40 bits per heavy atom. The first-order chi connectivity index (χ1) is 19.0. The second kappa shape index (κ2) is 9.20. The number of hydrogen-bond donors (Lipinski definition) is 1. The summed E-state index contributed by atoms with van der Waals surface area (Å²) in [4.78, 5) is 53.0. The van der Waals surface area contributed by atoms with Crippen LogP contribution in [-0.4, -0.2) is 50.4 Å². The number of aromatic hydroxyl groups is 1. The van der Waals surface area contributed by atoms with Crippen molar-refractivity contribution < 1.29 is 24.3 Å². The average molecular weight is 600 g/mol. The zero-order valence-corrected chi connectivity index (χ0v) is 23.7. The highest BCUT2D eigenvalue weighted by molar-refractivity contribution is 6.53. The van der Waals surface area contributed by atoms with Gasteiger partial charge in [-0.2, -0.15) is 0 Å². The number of likely N-dealkylation sites (tertiary alicyclic amines) is 1. The molecule has 0 aromatic heterocycles. The Hall–Kier alpha value is -3.13. The molecule has 1 N–H and O–H groups in total. The number of hydrogen-bond acceptors (Lipinski definition) is 5. The van der Waals surface area contributed by atoms with Crippen molar-refractivity contribution in [3.63, 3.8) is 0 Å². The molecule has 2 aliphatic heterocycles. The number of allylic oxidation sites excluding steroid dienone is 3. The van der Waals surface area contributed by atoms with Crippen LogP contribution in [0.3, 0.4) is 0 Å². The van der Waals surface area contributed by atoms with Gasteiger partial charge in [-0.25, -0.2) is 0 Å². The number of halogens is 3. The molecule has 4 amide bonds. The first-order valence-corrected chi connectivity index (χ1v) is 14.1. The molecule has 2 saturated heterocycles. The summed E-state index contributed by atoms with van der Waals surface area (Å²) in [5.41, 5.74) is 1.91. The maximum atomic E-state index is 14.0. The third kappa shape index (κ3) is 3.37. The van der Waals surface area contributed by atoms with E-state index in [4.69, 9.17) is 34.8 Å². The minimum atomic E-state index is -1.96. The van der Waals surface area contributed by atoms with E-state index in [1.807, 2.05) is 6.08 Å². The third-order valence-corrected chi connectivity index (χ3v) is 10.6. The molecular formula is C30H25Cl3N2O5. The van der Waals surface area contributed by atoms with Crippen LogP contribution in [0, 0.1) is 17.8 Å². The number of alkyl halides is 2. The molecule has 6 atom stereocenters. The predicted molar refractivity (Wildman–Crippen MR) is 151 cm³/mol. The second-order valence-electron chi connectivity index (χ2n) is 10.8. The Balaban J connectivity index is 1.53. The Morgan fingerprint density at radius 2 is 1.73 bits per heavy atom. The molecule has 1 saturated carbocycles. The fraction of sp³-hybridized carbons (Fsp3) is 0.333. The lowest BCUT2D eigenvalue weighted by Crippen LogP contribution is -2.60. The summed E-state index contributed by atoms with van der Waals surface area (Å²) in [5.74, 6) is -5.39. The van der Waals surface area contributed by atoms with Gasteiger partial charge in [0.25, 0.3) is 11.8 Å². The van der Waals surface area contributed by atoms with Crippen LogP contribution in [0.5, 0.6) is 5.75 Å². The van der Waals surface area contributed by atoms with Crippen LogP contribution in [0.1, 0.15) is 29.9 Å². The smallest absolute Gasteiger partial charge is 0.253 e. The van der Waals surface area contributed by atoms with Crippen LogP contribution in [0.2, 0.25) is 5.02 Å². The summed E-state index contributed by atoms with van der Waals surface area (Å²) in [6.07, 6.45) is 3.95. The number of phenolic OH excluding ortho intramolecular Hbond substituents is 1. The fourth-order valence-corrected chi connectivity index (χ4v) is 8.24. The van der Waals surface area contributed by atoms with Crippen molar-refractivity contribution >= 4 is 64.1 Å². The topological polar surface area (TPSA) is 95.0 Å². The zero-order valence-electron chi connectivity index (χ0n) is 21.4. The molecule has 2 aromatic rings. The van der Waals surface area contributed by atoms with Crippen molar-refractivity contribution in [1.29, 1.82) is 0 Å². The van der Waals surface area contributed by atoms with Gasteiger partial charge in [-0.3, -0.25) is 29.0 Å². The lowest BCUT2D eigenvalue weighted by atomic mass is 9.56. The summed E-state index contributed by atoms with van der Waals surface area (Å²) in [6.45, 7) is 3.75. The number of carbonyl (C=O) groups excluding carboxylic acids is 4. The number of carbonyl (C=O) groups is 4. The van der Waals surface area contributed by atoms with E-state index in [0.717, 1.165) is 9.80 Å². The molecule has 0 bridgehead atoms. The zero-order chi connectivity index (χ0) is 28.7. The van der Waals surface area contributed by atoms with E-state index >= 15 is 0 Å². The van der Waals surface area contributed by atoms with Gasteiger partial charge in [0, 0.05) is 23.6 Å². The maximum Gasteiger partial charge on any atom is 0.253 e. The molecule has 7 nitrogen and oxygen atoms in total. The molecule has 206 valence electrons. The molecule has 0 spiro atoms. The van der Waals surface area contributed by atoms with Crippen molar-refractivity contribution in [3.8, 4) is 5.75 Å². The molecule has 10 heteroatoms. The Bertz CT molecular complexity index is 1540. The van der Waals surface area contributed by atoms with Gasteiger partial charge < -0.3 is 5.11 Å². The minimum absolute atomic E-state index is 0.0819. The average Bonchev–Trinajstić information content (AvgIpc) is 3.26. The van der Waals surface area contributed by atoms with E-state index in [2.05, 4.69) is 6.58 Å². The van der Waals surface area contributed by atoms with Crippen molar-refractivity contribution in [2.45, 2.75) is 34.9 Å². The SMILES string of the molecule is C=CCc1cccc([C@H]2C3=CC[C@@H]4C(=O)N(c5ccc(Cl)cc5)C(=O)[C@@H]4[C@@H]3C[C@@]3(Cl)C(=O)N(C)C(=O)[C@@]23Cl)c1O. The van der Waals surface area contributed by atoms with Gasteiger partial charge in [0.2, 0.25) is 11.8 Å². The molecular weight excluding hydrogens is 575 g/mol. The Morgan fingerprint density at radius 1 is 1.02 bits per heavy atom. The summed E-state index contributed by atoms with van der Waals surface area (Å²) in [6, 6.07) is 11.5. The quantitative estimate of drug-likeness (QED) is 0.304. The summed E-state index contributed by atoms with van der Waals surface area (Å²) >= 11 is 20.4. The van der Waals surface area contributed by atoms with E-state index < -0.39 is 51.1 Å². The van der Waals surface area contributed by atoms with Crippen molar-refractivity contribution in [2.24, 2.45) is 17.8 Å². The van der Waals surface area contributed by atoms with Crippen LogP contribution in [0.25, 0.3) is 0 Å². The van der Waals surface area contributed by atoms with Crippen LogP contribution < -0.4 is 4.90 Å². The van der Waals surface area contributed by atoms with Crippen molar-refractivity contribution in [3.05, 3.63) is 82.9 Å². The number of para-hydroxylation sites is 1. The number of rotatable bonds is 4. The van der Waals surface area contributed by atoms with Gasteiger partial charge in [-0.05, 0) is 55.0 Å². The van der Waals surface area contributed by atoms with Gasteiger partial charge in [0.1, 0.15) is 5.75 Å². The number of amides is 4. The molecule has 6 rings (SSSR count).